The lowest BCUT2D eigenvalue weighted by Crippen LogP contribution is -2.49. The molecule has 1 aromatic rings. The average Bonchev–Trinajstić information content (AvgIpc) is 2.49. The standard InChI is InChI=1S/C15H22N2O3/c1-13-3-5-14(6-4-13)20-12-11-16-7-9-17(10-8-16)15(18)19-2/h3-6H,7-12H2,1-2H3. The van der Waals surface area contributed by atoms with Gasteiger partial charge in [0.1, 0.15) is 12.4 Å². The van der Waals surface area contributed by atoms with Gasteiger partial charge >= 0.3 is 6.09 Å². The Morgan fingerprint density at radius 1 is 1.15 bits per heavy atom. The van der Waals surface area contributed by atoms with Crippen molar-refractivity contribution in [3.8, 4) is 5.75 Å². The molecule has 2 rings (SSSR count). The SMILES string of the molecule is COC(=O)N1CCN(CCOc2ccc(C)cc2)CC1. The van der Waals surface area contributed by atoms with E-state index in [4.69, 9.17) is 9.47 Å². The van der Waals surface area contributed by atoms with Crippen molar-refractivity contribution in [1.29, 1.82) is 0 Å². The molecule has 5 heteroatoms. The second kappa shape index (κ2) is 7.14. The molecule has 1 fully saturated rings. The van der Waals surface area contributed by atoms with Crippen molar-refractivity contribution >= 4 is 6.09 Å². The summed E-state index contributed by atoms with van der Waals surface area (Å²) in [6, 6.07) is 8.07. The highest BCUT2D eigenvalue weighted by atomic mass is 16.5. The summed E-state index contributed by atoms with van der Waals surface area (Å²) in [6.45, 7) is 6.78. The number of nitrogens with zero attached hydrogens (tertiary/aromatic N) is 2. The second-order valence-corrected chi connectivity index (χ2v) is 4.96. The van der Waals surface area contributed by atoms with E-state index < -0.39 is 0 Å². The summed E-state index contributed by atoms with van der Waals surface area (Å²) in [5.41, 5.74) is 1.23. The van der Waals surface area contributed by atoms with Gasteiger partial charge in [-0.2, -0.15) is 0 Å². The number of amides is 1. The number of carbonyl (C=O) groups excluding carboxylic acids is 1. The average molecular weight is 278 g/mol. The van der Waals surface area contributed by atoms with Crippen molar-refractivity contribution in [2.24, 2.45) is 0 Å². The largest absolute Gasteiger partial charge is 0.492 e. The third kappa shape index (κ3) is 4.13. The van der Waals surface area contributed by atoms with Gasteiger partial charge in [-0.3, -0.25) is 4.90 Å². The molecule has 1 saturated heterocycles. The number of benzene rings is 1. The van der Waals surface area contributed by atoms with Crippen LogP contribution in [0.15, 0.2) is 24.3 Å². The zero-order valence-electron chi connectivity index (χ0n) is 12.2. The molecule has 0 bridgehead atoms. The minimum atomic E-state index is -0.236. The smallest absolute Gasteiger partial charge is 0.409 e. The van der Waals surface area contributed by atoms with Crippen molar-refractivity contribution in [3.05, 3.63) is 29.8 Å². The maximum absolute atomic E-state index is 11.4. The van der Waals surface area contributed by atoms with E-state index in [2.05, 4.69) is 11.8 Å². The van der Waals surface area contributed by atoms with E-state index in [1.54, 1.807) is 4.90 Å². The minimum Gasteiger partial charge on any atom is -0.492 e. The van der Waals surface area contributed by atoms with E-state index in [1.807, 2.05) is 24.3 Å². The summed E-state index contributed by atoms with van der Waals surface area (Å²) in [5.74, 6) is 0.906. The topological polar surface area (TPSA) is 42.0 Å². The monoisotopic (exact) mass is 278 g/mol. The Labute approximate surface area is 120 Å². The molecule has 0 unspecified atom stereocenters. The molecule has 0 aromatic heterocycles. The lowest BCUT2D eigenvalue weighted by atomic mass is 10.2. The van der Waals surface area contributed by atoms with Gasteiger partial charge in [0.05, 0.1) is 7.11 Å². The maximum Gasteiger partial charge on any atom is 0.409 e. The zero-order chi connectivity index (χ0) is 14.4. The van der Waals surface area contributed by atoms with Crippen molar-refractivity contribution in [2.45, 2.75) is 6.92 Å². The van der Waals surface area contributed by atoms with Gasteiger partial charge in [0, 0.05) is 32.7 Å². The summed E-state index contributed by atoms with van der Waals surface area (Å²) in [7, 11) is 1.42. The Kier molecular flexibility index (Phi) is 5.24. The first-order valence-corrected chi connectivity index (χ1v) is 6.94. The van der Waals surface area contributed by atoms with E-state index in [-0.39, 0.29) is 6.09 Å². The Morgan fingerprint density at radius 3 is 2.40 bits per heavy atom. The van der Waals surface area contributed by atoms with Crippen molar-refractivity contribution in [2.75, 3.05) is 46.4 Å². The highest BCUT2D eigenvalue weighted by molar-refractivity contribution is 5.67. The van der Waals surface area contributed by atoms with Gasteiger partial charge in [-0.15, -0.1) is 0 Å². The van der Waals surface area contributed by atoms with Crippen LogP contribution >= 0.6 is 0 Å². The number of carbonyl (C=O) groups is 1. The van der Waals surface area contributed by atoms with Gasteiger partial charge in [-0.25, -0.2) is 4.79 Å². The molecule has 0 aliphatic carbocycles. The lowest BCUT2D eigenvalue weighted by molar-refractivity contribution is 0.0860. The molecule has 0 radical (unpaired) electrons. The van der Waals surface area contributed by atoms with Crippen molar-refractivity contribution in [1.82, 2.24) is 9.80 Å². The molecule has 0 N–H and O–H groups in total. The Balaban J connectivity index is 1.66. The quantitative estimate of drug-likeness (QED) is 0.841. The van der Waals surface area contributed by atoms with Crippen LogP contribution in [0.2, 0.25) is 0 Å². The summed E-state index contributed by atoms with van der Waals surface area (Å²) >= 11 is 0. The molecule has 1 aliphatic heterocycles. The van der Waals surface area contributed by atoms with Crippen LogP contribution in [0, 0.1) is 6.92 Å². The summed E-state index contributed by atoms with van der Waals surface area (Å²) in [6.07, 6.45) is -0.236. The van der Waals surface area contributed by atoms with Crippen LogP contribution in [0.4, 0.5) is 4.79 Å². The molecular weight excluding hydrogens is 256 g/mol. The van der Waals surface area contributed by atoms with Crippen LogP contribution in [0.1, 0.15) is 5.56 Å². The van der Waals surface area contributed by atoms with Crippen LogP contribution in [0.25, 0.3) is 0 Å². The van der Waals surface area contributed by atoms with Crippen molar-refractivity contribution in [3.63, 3.8) is 0 Å². The van der Waals surface area contributed by atoms with E-state index in [0.717, 1.165) is 38.5 Å². The fraction of sp³-hybridized carbons (Fsp3) is 0.533. The van der Waals surface area contributed by atoms with E-state index >= 15 is 0 Å². The normalized spacial score (nSPS) is 16.0. The van der Waals surface area contributed by atoms with E-state index in [9.17, 15) is 4.79 Å². The number of hydrogen-bond acceptors (Lipinski definition) is 4. The van der Waals surface area contributed by atoms with Gasteiger partial charge < -0.3 is 14.4 Å². The van der Waals surface area contributed by atoms with Gasteiger partial charge in [0.15, 0.2) is 0 Å². The molecule has 0 spiro atoms. The van der Waals surface area contributed by atoms with Crippen molar-refractivity contribution < 1.29 is 14.3 Å². The molecule has 1 amide bonds. The number of rotatable bonds is 4. The molecule has 1 aromatic carbocycles. The molecular formula is C15H22N2O3. The van der Waals surface area contributed by atoms with Gasteiger partial charge in [0.2, 0.25) is 0 Å². The highest BCUT2D eigenvalue weighted by Gasteiger charge is 2.20. The summed E-state index contributed by atoms with van der Waals surface area (Å²) in [5, 5.41) is 0. The molecule has 110 valence electrons. The third-order valence-electron chi connectivity index (χ3n) is 3.50. The highest BCUT2D eigenvalue weighted by Crippen LogP contribution is 2.11. The van der Waals surface area contributed by atoms with E-state index in [1.165, 1.54) is 12.7 Å². The predicted molar refractivity (Wildman–Crippen MR) is 77.1 cm³/mol. The Morgan fingerprint density at radius 2 is 1.80 bits per heavy atom. The van der Waals surface area contributed by atoms with E-state index in [0.29, 0.717) is 6.61 Å². The fourth-order valence-electron chi connectivity index (χ4n) is 2.21. The first-order chi connectivity index (χ1) is 9.69. The number of aryl methyl sites for hydroxylation is 1. The first-order valence-electron chi connectivity index (χ1n) is 6.94. The van der Waals surface area contributed by atoms with Crippen LogP contribution in [0.5, 0.6) is 5.75 Å². The molecule has 1 heterocycles. The second-order valence-electron chi connectivity index (χ2n) is 4.96. The molecule has 20 heavy (non-hydrogen) atoms. The number of methoxy groups -OCH3 is 1. The number of hydrogen-bond donors (Lipinski definition) is 0. The van der Waals surface area contributed by atoms with Crippen LogP contribution in [0.3, 0.4) is 0 Å². The Hall–Kier alpha value is -1.75. The minimum absolute atomic E-state index is 0.236. The zero-order valence-corrected chi connectivity index (χ0v) is 12.2. The van der Waals surface area contributed by atoms with Gasteiger partial charge in [-0.1, -0.05) is 17.7 Å². The van der Waals surface area contributed by atoms with Crippen LogP contribution < -0.4 is 4.74 Å². The Bertz CT molecular complexity index is 425. The summed E-state index contributed by atoms with van der Waals surface area (Å²) in [4.78, 5) is 15.4. The molecule has 5 nitrogen and oxygen atoms in total. The molecule has 0 saturated carbocycles. The summed E-state index contributed by atoms with van der Waals surface area (Å²) < 4.78 is 10.4. The lowest BCUT2D eigenvalue weighted by Gasteiger charge is -2.33. The van der Waals surface area contributed by atoms with Gasteiger partial charge in [-0.05, 0) is 19.1 Å². The number of ether oxygens (including phenoxy) is 2. The molecule has 1 aliphatic rings. The third-order valence-corrected chi connectivity index (χ3v) is 3.50. The maximum atomic E-state index is 11.4. The first kappa shape index (κ1) is 14.7. The predicted octanol–water partition coefficient (Wildman–Crippen LogP) is 1.76. The van der Waals surface area contributed by atoms with Crippen LogP contribution in [-0.4, -0.2) is 62.3 Å². The van der Waals surface area contributed by atoms with Crippen LogP contribution in [-0.2, 0) is 4.74 Å². The number of piperazine rings is 1. The molecule has 0 atom stereocenters. The fourth-order valence-corrected chi connectivity index (χ4v) is 2.21. The van der Waals surface area contributed by atoms with Gasteiger partial charge in [0.25, 0.3) is 0 Å².